The van der Waals surface area contributed by atoms with Crippen LogP contribution in [0.15, 0.2) is 24.3 Å². The average molecular weight is 351 g/mol. The van der Waals surface area contributed by atoms with Gasteiger partial charge in [0.1, 0.15) is 0 Å². The Morgan fingerprint density at radius 1 is 1.17 bits per heavy atom. The highest BCUT2D eigenvalue weighted by Crippen LogP contribution is 2.36. The van der Waals surface area contributed by atoms with E-state index >= 15 is 0 Å². The number of hydrogen-bond acceptors (Lipinski definition) is 3. The van der Waals surface area contributed by atoms with Crippen molar-refractivity contribution in [2.75, 3.05) is 19.8 Å². The van der Waals surface area contributed by atoms with Gasteiger partial charge in [-0.05, 0) is 43.4 Å². The molecule has 0 bridgehead atoms. The van der Waals surface area contributed by atoms with Crippen LogP contribution in [0, 0.1) is 0 Å². The standard InChI is InChI=1S/C19H27ClN2O2/c20-16-6-4-5-15(13-16)18(9-11-24-12-10-18)14-22-17(23)19(21)7-2-1-3-8-19/h4-6,13H,1-3,7-12,14,21H2,(H,22,23). The van der Waals surface area contributed by atoms with Crippen molar-refractivity contribution in [2.45, 2.75) is 55.9 Å². The van der Waals surface area contributed by atoms with E-state index in [9.17, 15) is 4.79 Å². The monoisotopic (exact) mass is 350 g/mol. The molecule has 1 aromatic rings. The van der Waals surface area contributed by atoms with E-state index in [1.807, 2.05) is 18.2 Å². The molecule has 4 nitrogen and oxygen atoms in total. The number of carbonyl (C=O) groups is 1. The smallest absolute Gasteiger partial charge is 0.240 e. The molecule has 132 valence electrons. The van der Waals surface area contributed by atoms with Crippen LogP contribution in [-0.2, 0) is 14.9 Å². The molecule has 1 heterocycles. The van der Waals surface area contributed by atoms with E-state index in [1.165, 1.54) is 12.0 Å². The molecule has 0 spiro atoms. The third kappa shape index (κ3) is 3.76. The zero-order valence-electron chi connectivity index (χ0n) is 14.2. The summed E-state index contributed by atoms with van der Waals surface area (Å²) in [6.07, 6.45) is 6.58. The molecule has 1 amide bonds. The summed E-state index contributed by atoms with van der Waals surface area (Å²) in [6, 6.07) is 7.97. The molecule has 1 aromatic carbocycles. The lowest BCUT2D eigenvalue weighted by Crippen LogP contribution is -2.57. The number of hydrogen-bond donors (Lipinski definition) is 2. The molecule has 0 unspecified atom stereocenters. The predicted molar refractivity (Wildman–Crippen MR) is 96.2 cm³/mol. The van der Waals surface area contributed by atoms with Crippen LogP contribution in [0.1, 0.15) is 50.5 Å². The summed E-state index contributed by atoms with van der Waals surface area (Å²) in [5, 5.41) is 3.89. The van der Waals surface area contributed by atoms with E-state index < -0.39 is 5.54 Å². The molecule has 1 saturated heterocycles. The summed E-state index contributed by atoms with van der Waals surface area (Å²) in [6.45, 7) is 2.00. The van der Waals surface area contributed by atoms with Gasteiger partial charge in [0, 0.05) is 30.2 Å². The third-order valence-electron chi connectivity index (χ3n) is 5.67. The van der Waals surface area contributed by atoms with Crippen LogP contribution < -0.4 is 11.1 Å². The number of halogens is 1. The first-order valence-electron chi connectivity index (χ1n) is 8.95. The van der Waals surface area contributed by atoms with E-state index in [-0.39, 0.29) is 11.3 Å². The van der Waals surface area contributed by atoms with Crippen molar-refractivity contribution >= 4 is 17.5 Å². The van der Waals surface area contributed by atoms with Crippen LogP contribution in [0.25, 0.3) is 0 Å². The number of nitrogens with two attached hydrogens (primary N) is 1. The SMILES string of the molecule is NC1(C(=O)NCC2(c3cccc(Cl)c3)CCOCC2)CCCCC1. The number of amides is 1. The largest absolute Gasteiger partial charge is 0.381 e. The molecule has 2 aliphatic rings. The lowest BCUT2D eigenvalue weighted by molar-refractivity contribution is -0.128. The topological polar surface area (TPSA) is 64.4 Å². The molecule has 1 saturated carbocycles. The number of carbonyl (C=O) groups excluding carboxylic acids is 1. The second-order valence-electron chi connectivity index (χ2n) is 7.30. The predicted octanol–water partition coefficient (Wildman–Crippen LogP) is 3.17. The van der Waals surface area contributed by atoms with Crippen molar-refractivity contribution in [1.82, 2.24) is 5.32 Å². The Hall–Kier alpha value is -1.10. The van der Waals surface area contributed by atoms with E-state index in [2.05, 4.69) is 11.4 Å². The van der Waals surface area contributed by atoms with Gasteiger partial charge in [0.15, 0.2) is 0 Å². The quantitative estimate of drug-likeness (QED) is 0.876. The van der Waals surface area contributed by atoms with E-state index in [4.69, 9.17) is 22.1 Å². The maximum Gasteiger partial charge on any atom is 0.240 e. The Morgan fingerprint density at radius 2 is 1.88 bits per heavy atom. The lowest BCUT2D eigenvalue weighted by Gasteiger charge is -2.39. The zero-order chi connectivity index (χ0) is 17.0. The van der Waals surface area contributed by atoms with Crippen molar-refractivity contribution in [3.05, 3.63) is 34.9 Å². The summed E-state index contributed by atoms with van der Waals surface area (Å²) < 4.78 is 5.55. The third-order valence-corrected chi connectivity index (χ3v) is 5.91. The molecular weight excluding hydrogens is 324 g/mol. The van der Waals surface area contributed by atoms with Gasteiger partial charge in [0.25, 0.3) is 0 Å². The van der Waals surface area contributed by atoms with Gasteiger partial charge in [-0.1, -0.05) is 43.0 Å². The minimum Gasteiger partial charge on any atom is -0.381 e. The minimum absolute atomic E-state index is 0.00454. The molecule has 2 fully saturated rings. The minimum atomic E-state index is -0.695. The highest BCUT2D eigenvalue weighted by molar-refractivity contribution is 6.30. The van der Waals surface area contributed by atoms with Crippen LogP contribution in [0.4, 0.5) is 0 Å². The molecule has 1 aliphatic carbocycles. The zero-order valence-corrected chi connectivity index (χ0v) is 14.9. The van der Waals surface area contributed by atoms with E-state index in [1.54, 1.807) is 0 Å². The molecule has 0 radical (unpaired) electrons. The summed E-state index contributed by atoms with van der Waals surface area (Å²) >= 11 is 6.19. The first-order valence-corrected chi connectivity index (χ1v) is 9.33. The number of rotatable bonds is 4. The fourth-order valence-electron chi connectivity index (χ4n) is 3.98. The summed E-state index contributed by atoms with van der Waals surface area (Å²) in [5.74, 6) is -0.00454. The first-order chi connectivity index (χ1) is 11.5. The Balaban J connectivity index is 1.74. The highest BCUT2D eigenvalue weighted by atomic mass is 35.5. The average Bonchev–Trinajstić information content (AvgIpc) is 2.61. The molecule has 1 aliphatic heterocycles. The van der Waals surface area contributed by atoms with Crippen LogP contribution in [0.3, 0.4) is 0 Å². The van der Waals surface area contributed by atoms with Gasteiger partial charge in [-0.3, -0.25) is 4.79 Å². The number of ether oxygens (including phenoxy) is 1. The fraction of sp³-hybridized carbons (Fsp3) is 0.632. The molecule has 3 rings (SSSR count). The molecule has 5 heteroatoms. The fourth-order valence-corrected chi connectivity index (χ4v) is 4.17. The van der Waals surface area contributed by atoms with Crippen LogP contribution >= 0.6 is 11.6 Å². The second-order valence-corrected chi connectivity index (χ2v) is 7.74. The maximum absolute atomic E-state index is 12.7. The van der Waals surface area contributed by atoms with Crippen LogP contribution in [-0.4, -0.2) is 31.2 Å². The molecule has 0 atom stereocenters. The van der Waals surface area contributed by atoms with Gasteiger partial charge < -0.3 is 15.8 Å². The van der Waals surface area contributed by atoms with Gasteiger partial charge in [-0.15, -0.1) is 0 Å². The Kier molecular flexibility index (Phi) is 5.48. The molecular formula is C19H27ClN2O2. The lowest BCUT2D eigenvalue weighted by atomic mass is 9.73. The van der Waals surface area contributed by atoms with Crippen molar-refractivity contribution < 1.29 is 9.53 Å². The Bertz CT molecular complexity index is 578. The van der Waals surface area contributed by atoms with E-state index in [0.29, 0.717) is 19.8 Å². The number of benzene rings is 1. The van der Waals surface area contributed by atoms with Gasteiger partial charge in [-0.2, -0.15) is 0 Å². The van der Waals surface area contributed by atoms with Crippen LogP contribution in [0.5, 0.6) is 0 Å². The molecule has 3 N–H and O–H groups in total. The maximum atomic E-state index is 12.7. The van der Waals surface area contributed by atoms with Gasteiger partial charge in [0.05, 0.1) is 5.54 Å². The summed E-state index contributed by atoms with van der Waals surface area (Å²) in [5.41, 5.74) is 6.72. The first kappa shape index (κ1) is 17.7. The Labute approximate surface area is 149 Å². The van der Waals surface area contributed by atoms with E-state index in [0.717, 1.165) is 43.5 Å². The summed E-state index contributed by atoms with van der Waals surface area (Å²) in [4.78, 5) is 12.7. The molecule has 24 heavy (non-hydrogen) atoms. The van der Waals surface area contributed by atoms with Gasteiger partial charge >= 0.3 is 0 Å². The Morgan fingerprint density at radius 3 is 2.54 bits per heavy atom. The second kappa shape index (κ2) is 7.42. The van der Waals surface area contributed by atoms with Gasteiger partial charge in [0.2, 0.25) is 5.91 Å². The molecule has 0 aromatic heterocycles. The van der Waals surface area contributed by atoms with Crippen molar-refractivity contribution in [3.8, 4) is 0 Å². The van der Waals surface area contributed by atoms with Crippen molar-refractivity contribution in [1.29, 1.82) is 0 Å². The van der Waals surface area contributed by atoms with Crippen LogP contribution in [0.2, 0.25) is 5.02 Å². The normalized spacial score (nSPS) is 22.8. The van der Waals surface area contributed by atoms with Crippen molar-refractivity contribution in [2.24, 2.45) is 5.73 Å². The van der Waals surface area contributed by atoms with Crippen molar-refractivity contribution in [3.63, 3.8) is 0 Å². The number of nitrogens with one attached hydrogen (secondary N) is 1. The highest BCUT2D eigenvalue weighted by Gasteiger charge is 2.39. The van der Waals surface area contributed by atoms with Gasteiger partial charge in [-0.25, -0.2) is 0 Å². The summed E-state index contributed by atoms with van der Waals surface area (Å²) in [7, 11) is 0.